The Hall–Kier alpha value is -1.15. The van der Waals surface area contributed by atoms with Gasteiger partial charge in [0.15, 0.2) is 0 Å². The van der Waals surface area contributed by atoms with Crippen LogP contribution in [-0.4, -0.2) is 58.0 Å². The van der Waals surface area contributed by atoms with Gasteiger partial charge in [-0.05, 0) is 50.0 Å². The summed E-state index contributed by atoms with van der Waals surface area (Å²) in [6.45, 7) is 4.99. The lowest BCUT2D eigenvalue weighted by Gasteiger charge is -2.29. The molecule has 25 heavy (non-hydrogen) atoms. The van der Waals surface area contributed by atoms with E-state index in [-0.39, 0.29) is 6.04 Å². The van der Waals surface area contributed by atoms with E-state index in [9.17, 15) is 8.42 Å². The van der Waals surface area contributed by atoms with E-state index < -0.39 is 10.2 Å². The molecule has 1 saturated heterocycles. The third-order valence-corrected chi connectivity index (χ3v) is 6.31. The predicted octanol–water partition coefficient (Wildman–Crippen LogP) is 2.40. The third kappa shape index (κ3) is 5.67. The lowest BCUT2D eigenvalue weighted by atomic mass is 10.1. The van der Waals surface area contributed by atoms with Crippen LogP contribution in [0.5, 0.6) is 5.75 Å². The van der Waals surface area contributed by atoms with Gasteiger partial charge in [0, 0.05) is 26.2 Å². The molecule has 1 heterocycles. The zero-order valence-corrected chi connectivity index (χ0v) is 16.4. The van der Waals surface area contributed by atoms with Gasteiger partial charge < -0.3 is 4.74 Å². The van der Waals surface area contributed by atoms with Gasteiger partial charge in [0.1, 0.15) is 5.75 Å². The van der Waals surface area contributed by atoms with Crippen molar-refractivity contribution in [2.45, 2.75) is 38.6 Å². The lowest BCUT2D eigenvalue weighted by molar-refractivity contribution is 0.245. The van der Waals surface area contributed by atoms with Crippen LogP contribution in [0.25, 0.3) is 0 Å². The quantitative estimate of drug-likeness (QED) is 0.688. The van der Waals surface area contributed by atoms with E-state index in [1.807, 2.05) is 24.3 Å². The van der Waals surface area contributed by atoms with Crippen LogP contribution < -0.4 is 9.46 Å². The molecule has 0 aromatic heterocycles. The Kier molecular flexibility index (Phi) is 7.68. The van der Waals surface area contributed by atoms with Gasteiger partial charge in [-0.1, -0.05) is 25.5 Å². The van der Waals surface area contributed by atoms with Crippen molar-refractivity contribution < 1.29 is 13.2 Å². The summed E-state index contributed by atoms with van der Waals surface area (Å²) in [5.41, 5.74) is 1.11. The number of likely N-dealkylation sites (tertiary alicyclic amines) is 1. The molecule has 7 heteroatoms. The van der Waals surface area contributed by atoms with Gasteiger partial charge in [0.05, 0.1) is 7.11 Å². The minimum atomic E-state index is -3.45. The van der Waals surface area contributed by atoms with Crippen LogP contribution in [0.1, 0.15) is 44.2 Å². The number of rotatable bonds is 10. The predicted molar refractivity (Wildman–Crippen MR) is 101 cm³/mol. The summed E-state index contributed by atoms with van der Waals surface area (Å²) in [5, 5.41) is 0. The van der Waals surface area contributed by atoms with Crippen LogP contribution in [0.3, 0.4) is 0 Å². The molecule has 142 valence electrons. The van der Waals surface area contributed by atoms with Gasteiger partial charge in [-0.15, -0.1) is 0 Å². The number of nitrogens with zero attached hydrogens (tertiary/aromatic N) is 2. The molecule has 0 bridgehead atoms. The summed E-state index contributed by atoms with van der Waals surface area (Å²) in [6.07, 6.45) is 4.17. The van der Waals surface area contributed by atoms with E-state index in [0.717, 1.165) is 50.1 Å². The standard InChI is InChI=1S/C18H31N3O3S/c1-4-5-12-20(2)25(22,23)19-15-18(21-13-6-7-14-21)16-8-10-17(24-3)11-9-16/h8-11,18-19H,4-7,12-15H2,1-3H3. The highest BCUT2D eigenvalue weighted by Gasteiger charge is 2.26. The van der Waals surface area contributed by atoms with E-state index in [0.29, 0.717) is 13.1 Å². The molecule has 1 aliphatic heterocycles. The summed E-state index contributed by atoms with van der Waals surface area (Å²) < 4.78 is 34.4. The van der Waals surface area contributed by atoms with Gasteiger partial charge in [0.2, 0.25) is 0 Å². The first kappa shape index (κ1) is 20.2. The number of nitrogens with one attached hydrogen (secondary N) is 1. The van der Waals surface area contributed by atoms with Crippen LogP contribution in [0.15, 0.2) is 24.3 Å². The topological polar surface area (TPSA) is 61.9 Å². The van der Waals surface area contributed by atoms with Crippen molar-refractivity contribution in [1.29, 1.82) is 0 Å². The molecule has 2 rings (SSSR count). The average Bonchev–Trinajstić information content (AvgIpc) is 3.14. The van der Waals surface area contributed by atoms with Crippen molar-refractivity contribution in [3.63, 3.8) is 0 Å². The maximum absolute atomic E-state index is 12.5. The normalized spacial score (nSPS) is 17.1. The van der Waals surface area contributed by atoms with Crippen LogP contribution >= 0.6 is 0 Å². The van der Waals surface area contributed by atoms with Gasteiger partial charge in [0.25, 0.3) is 10.2 Å². The van der Waals surface area contributed by atoms with Gasteiger partial charge in [-0.3, -0.25) is 4.90 Å². The Balaban J connectivity index is 2.08. The Bertz CT molecular complexity index is 613. The molecule has 1 aromatic carbocycles. The zero-order chi connectivity index (χ0) is 18.3. The average molecular weight is 370 g/mol. The highest BCUT2D eigenvalue weighted by molar-refractivity contribution is 7.87. The molecule has 6 nitrogen and oxygen atoms in total. The summed E-state index contributed by atoms with van der Waals surface area (Å²) in [6, 6.07) is 7.96. The van der Waals surface area contributed by atoms with E-state index in [1.165, 1.54) is 4.31 Å². The van der Waals surface area contributed by atoms with Gasteiger partial charge in [-0.25, -0.2) is 4.72 Å². The molecule has 1 atom stereocenters. The van der Waals surface area contributed by atoms with Crippen LogP contribution in [0.4, 0.5) is 0 Å². The van der Waals surface area contributed by atoms with E-state index in [4.69, 9.17) is 4.74 Å². The van der Waals surface area contributed by atoms with Crippen LogP contribution in [0, 0.1) is 0 Å². The first-order valence-electron chi connectivity index (χ1n) is 9.07. The molecule has 0 spiro atoms. The fourth-order valence-electron chi connectivity index (χ4n) is 3.13. The summed E-state index contributed by atoms with van der Waals surface area (Å²) in [7, 11) is -0.165. The van der Waals surface area contributed by atoms with E-state index in [1.54, 1.807) is 14.2 Å². The molecule has 1 aromatic rings. The second-order valence-electron chi connectivity index (χ2n) is 6.56. The molecule has 0 aliphatic carbocycles. The monoisotopic (exact) mass is 369 g/mol. The summed E-state index contributed by atoms with van der Waals surface area (Å²) in [4.78, 5) is 2.36. The number of benzene rings is 1. The zero-order valence-electron chi connectivity index (χ0n) is 15.6. The van der Waals surface area contributed by atoms with Gasteiger partial charge in [-0.2, -0.15) is 12.7 Å². The minimum absolute atomic E-state index is 0.0442. The molecule has 0 radical (unpaired) electrons. The fraction of sp³-hybridized carbons (Fsp3) is 0.667. The van der Waals surface area contributed by atoms with Crippen molar-refractivity contribution in [1.82, 2.24) is 13.9 Å². The molecule has 1 N–H and O–H groups in total. The Morgan fingerprint density at radius 3 is 2.44 bits per heavy atom. The van der Waals surface area contributed by atoms with E-state index in [2.05, 4.69) is 16.5 Å². The molecule has 0 saturated carbocycles. The Morgan fingerprint density at radius 2 is 1.88 bits per heavy atom. The first-order valence-corrected chi connectivity index (χ1v) is 10.5. The Labute approximate surface area is 152 Å². The highest BCUT2D eigenvalue weighted by atomic mass is 32.2. The number of unbranched alkanes of at least 4 members (excludes halogenated alkanes) is 1. The molecule has 0 amide bonds. The van der Waals surface area contributed by atoms with Crippen molar-refractivity contribution >= 4 is 10.2 Å². The lowest BCUT2D eigenvalue weighted by Crippen LogP contribution is -2.43. The Morgan fingerprint density at radius 1 is 1.24 bits per heavy atom. The second kappa shape index (κ2) is 9.52. The first-order chi connectivity index (χ1) is 12.0. The number of methoxy groups -OCH3 is 1. The maximum atomic E-state index is 12.5. The van der Waals surface area contributed by atoms with Crippen molar-refractivity contribution in [3.8, 4) is 5.75 Å². The van der Waals surface area contributed by atoms with E-state index >= 15 is 0 Å². The minimum Gasteiger partial charge on any atom is -0.497 e. The van der Waals surface area contributed by atoms with Crippen molar-refractivity contribution in [3.05, 3.63) is 29.8 Å². The number of hydrogen-bond donors (Lipinski definition) is 1. The molecule has 1 unspecified atom stereocenters. The third-order valence-electron chi connectivity index (χ3n) is 4.78. The van der Waals surface area contributed by atoms with Crippen molar-refractivity contribution in [2.75, 3.05) is 40.3 Å². The molecular formula is C18H31N3O3S. The fourth-order valence-corrected chi connectivity index (χ4v) is 4.09. The van der Waals surface area contributed by atoms with Crippen LogP contribution in [-0.2, 0) is 10.2 Å². The highest BCUT2D eigenvalue weighted by Crippen LogP contribution is 2.26. The van der Waals surface area contributed by atoms with Crippen molar-refractivity contribution in [2.24, 2.45) is 0 Å². The largest absolute Gasteiger partial charge is 0.497 e. The number of ether oxygens (including phenoxy) is 1. The number of hydrogen-bond acceptors (Lipinski definition) is 4. The molecular weight excluding hydrogens is 338 g/mol. The SMILES string of the molecule is CCCCN(C)S(=O)(=O)NCC(c1ccc(OC)cc1)N1CCCC1. The smallest absolute Gasteiger partial charge is 0.279 e. The van der Waals surface area contributed by atoms with Gasteiger partial charge >= 0.3 is 0 Å². The second-order valence-corrected chi connectivity index (χ2v) is 8.42. The summed E-state index contributed by atoms with van der Waals surface area (Å²) >= 11 is 0. The maximum Gasteiger partial charge on any atom is 0.279 e. The van der Waals surface area contributed by atoms with Crippen LogP contribution in [0.2, 0.25) is 0 Å². The molecule has 1 aliphatic rings. The summed E-state index contributed by atoms with van der Waals surface area (Å²) in [5.74, 6) is 0.809. The molecule has 1 fully saturated rings.